The van der Waals surface area contributed by atoms with Crippen molar-refractivity contribution in [1.29, 1.82) is 0 Å². The van der Waals surface area contributed by atoms with Crippen molar-refractivity contribution in [3.8, 4) is 0 Å². The van der Waals surface area contributed by atoms with Gasteiger partial charge < -0.3 is 10.6 Å². The maximum absolute atomic E-state index is 4.26. The fourth-order valence-electron chi connectivity index (χ4n) is 1.44. The quantitative estimate of drug-likeness (QED) is 0.651. The molecule has 12 heavy (non-hydrogen) atoms. The molecule has 3 heteroatoms. The smallest absolute Gasteiger partial charge is 0.0629 e. The molecule has 2 N–H and O–H groups in total. The van der Waals surface area contributed by atoms with Crippen LogP contribution in [0.3, 0.4) is 0 Å². The summed E-state index contributed by atoms with van der Waals surface area (Å²) in [4.78, 5) is 4.26. The van der Waals surface area contributed by atoms with Crippen LogP contribution >= 0.6 is 0 Å². The third-order valence-electron chi connectivity index (χ3n) is 2.05. The second-order valence-corrected chi connectivity index (χ2v) is 2.99. The molecule has 1 aliphatic heterocycles. The van der Waals surface area contributed by atoms with E-state index in [-0.39, 0.29) is 0 Å². The molecule has 2 heterocycles. The highest BCUT2D eigenvalue weighted by atomic mass is 15.2. The van der Waals surface area contributed by atoms with Crippen molar-refractivity contribution < 1.29 is 0 Å². The molecule has 0 aliphatic carbocycles. The van der Waals surface area contributed by atoms with E-state index in [1.165, 1.54) is 0 Å². The van der Waals surface area contributed by atoms with Crippen molar-refractivity contribution in [2.45, 2.75) is 12.6 Å². The minimum absolute atomic E-state index is 0.417. The van der Waals surface area contributed by atoms with Crippen molar-refractivity contribution in [3.63, 3.8) is 0 Å². The van der Waals surface area contributed by atoms with Gasteiger partial charge in [0.05, 0.1) is 6.17 Å². The third kappa shape index (κ3) is 1.81. The van der Waals surface area contributed by atoms with Crippen LogP contribution in [0.2, 0.25) is 0 Å². The molecule has 0 amide bonds. The molecule has 0 unspecified atom stereocenters. The molecule has 0 saturated carbocycles. The van der Waals surface area contributed by atoms with Crippen molar-refractivity contribution >= 4 is 0 Å². The number of nitrogens with one attached hydrogen (secondary N) is 2. The molecule has 64 valence electrons. The van der Waals surface area contributed by atoms with Gasteiger partial charge in [-0.05, 0) is 12.1 Å². The zero-order chi connectivity index (χ0) is 8.23. The van der Waals surface area contributed by atoms with E-state index >= 15 is 0 Å². The van der Waals surface area contributed by atoms with Gasteiger partial charge in [-0.1, -0.05) is 6.07 Å². The van der Waals surface area contributed by atoms with E-state index in [0.717, 1.165) is 25.2 Å². The van der Waals surface area contributed by atoms with Gasteiger partial charge in [-0.15, -0.1) is 0 Å². The van der Waals surface area contributed by atoms with Gasteiger partial charge in [0.1, 0.15) is 0 Å². The number of rotatable bonds is 2. The van der Waals surface area contributed by atoms with Gasteiger partial charge in [0, 0.05) is 31.4 Å². The van der Waals surface area contributed by atoms with Crippen molar-refractivity contribution in [3.05, 3.63) is 30.1 Å². The molecule has 0 atom stereocenters. The third-order valence-corrected chi connectivity index (χ3v) is 2.05. The van der Waals surface area contributed by atoms with E-state index in [4.69, 9.17) is 0 Å². The summed E-state index contributed by atoms with van der Waals surface area (Å²) >= 11 is 0. The lowest BCUT2D eigenvalue weighted by atomic mass is 10.2. The summed E-state index contributed by atoms with van der Waals surface area (Å²) in [5.74, 6) is 0. The van der Waals surface area contributed by atoms with E-state index < -0.39 is 0 Å². The SMILES string of the molecule is c1ccc(CC2NCCN2)nc1. The normalized spacial score (nSPS) is 18.3. The van der Waals surface area contributed by atoms with E-state index in [9.17, 15) is 0 Å². The highest BCUT2D eigenvalue weighted by Crippen LogP contribution is 1.98. The topological polar surface area (TPSA) is 37.0 Å². The van der Waals surface area contributed by atoms with Crippen LogP contribution in [0.25, 0.3) is 0 Å². The predicted octanol–water partition coefficient (Wildman–Crippen LogP) is 0.143. The van der Waals surface area contributed by atoms with Crippen LogP contribution in [-0.4, -0.2) is 24.2 Å². The van der Waals surface area contributed by atoms with Crippen LogP contribution < -0.4 is 10.6 Å². The Balaban J connectivity index is 1.94. The first-order chi connectivity index (χ1) is 5.95. The Morgan fingerprint density at radius 1 is 1.33 bits per heavy atom. The maximum atomic E-state index is 4.26. The first kappa shape index (κ1) is 7.71. The van der Waals surface area contributed by atoms with Crippen molar-refractivity contribution in [2.75, 3.05) is 13.1 Å². The van der Waals surface area contributed by atoms with Gasteiger partial charge >= 0.3 is 0 Å². The van der Waals surface area contributed by atoms with Gasteiger partial charge in [-0.2, -0.15) is 0 Å². The fourth-order valence-corrected chi connectivity index (χ4v) is 1.44. The Kier molecular flexibility index (Phi) is 2.34. The molecule has 0 aromatic carbocycles. The molecule has 0 bridgehead atoms. The first-order valence-corrected chi connectivity index (χ1v) is 4.32. The summed E-state index contributed by atoms with van der Waals surface area (Å²) < 4.78 is 0. The molecule has 1 fully saturated rings. The molecule has 1 saturated heterocycles. The van der Waals surface area contributed by atoms with Gasteiger partial charge in [0.15, 0.2) is 0 Å². The van der Waals surface area contributed by atoms with Crippen LogP contribution in [-0.2, 0) is 6.42 Å². The van der Waals surface area contributed by atoms with E-state index in [1.807, 2.05) is 18.3 Å². The van der Waals surface area contributed by atoms with Gasteiger partial charge in [0.2, 0.25) is 0 Å². The number of pyridine rings is 1. The lowest BCUT2D eigenvalue weighted by molar-refractivity contribution is 0.545. The Labute approximate surface area is 72.2 Å². The molecular weight excluding hydrogens is 150 g/mol. The Morgan fingerprint density at radius 3 is 2.83 bits per heavy atom. The standard InChI is InChI=1S/C9H13N3/c1-2-4-10-8(3-1)7-9-11-5-6-12-9/h1-4,9,11-12H,5-7H2. The zero-order valence-corrected chi connectivity index (χ0v) is 6.96. The van der Waals surface area contributed by atoms with Crippen molar-refractivity contribution in [2.24, 2.45) is 0 Å². The second kappa shape index (κ2) is 3.65. The van der Waals surface area contributed by atoms with Crippen LogP contribution in [0.1, 0.15) is 5.69 Å². The lowest BCUT2D eigenvalue weighted by Gasteiger charge is -2.08. The van der Waals surface area contributed by atoms with Gasteiger partial charge in [-0.3, -0.25) is 4.98 Å². The lowest BCUT2D eigenvalue weighted by Crippen LogP contribution is -2.33. The van der Waals surface area contributed by atoms with E-state index in [1.54, 1.807) is 0 Å². The molecule has 0 radical (unpaired) electrons. The largest absolute Gasteiger partial charge is 0.300 e. The van der Waals surface area contributed by atoms with E-state index in [2.05, 4.69) is 21.7 Å². The number of aromatic nitrogens is 1. The first-order valence-electron chi connectivity index (χ1n) is 4.32. The maximum Gasteiger partial charge on any atom is 0.0629 e. The molecule has 1 aromatic heterocycles. The minimum Gasteiger partial charge on any atom is -0.300 e. The average molecular weight is 163 g/mol. The highest BCUT2D eigenvalue weighted by molar-refractivity contribution is 5.05. The summed E-state index contributed by atoms with van der Waals surface area (Å²) in [7, 11) is 0. The van der Waals surface area contributed by atoms with Gasteiger partial charge in [0.25, 0.3) is 0 Å². The minimum atomic E-state index is 0.417. The van der Waals surface area contributed by atoms with Crippen LogP contribution in [0.4, 0.5) is 0 Å². The zero-order valence-electron chi connectivity index (χ0n) is 6.96. The Bertz CT molecular complexity index is 229. The van der Waals surface area contributed by atoms with Crippen LogP contribution in [0.5, 0.6) is 0 Å². The molecule has 0 spiro atoms. The highest BCUT2D eigenvalue weighted by Gasteiger charge is 2.12. The summed E-state index contributed by atoms with van der Waals surface area (Å²) in [5.41, 5.74) is 1.14. The van der Waals surface area contributed by atoms with Crippen LogP contribution in [0, 0.1) is 0 Å². The monoisotopic (exact) mass is 163 g/mol. The number of hydrogen-bond acceptors (Lipinski definition) is 3. The average Bonchev–Trinajstić information content (AvgIpc) is 2.59. The van der Waals surface area contributed by atoms with E-state index in [0.29, 0.717) is 6.17 Å². The van der Waals surface area contributed by atoms with Crippen LogP contribution in [0.15, 0.2) is 24.4 Å². The molecule has 1 aliphatic rings. The molecule has 2 rings (SSSR count). The second-order valence-electron chi connectivity index (χ2n) is 2.99. The number of hydrogen-bond donors (Lipinski definition) is 2. The summed E-state index contributed by atoms with van der Waals surface area (Å²) in [6.45, 7) is 2.13. The predicted molar refractivity (Wildman–Crippen MR) is 47.7 cm³/mol. The summed E-state index contributed by atoms with van der Waals surface area (Å²) in [6, 6.07) is 6.03. The van der Waals surface area contributed by atoms with Gasteiger partial charge in [-0.25, -0.2) is 0 Å². The fraction of sp³-hybridized carbons (Fsp3) is 0.444. The number of nitrogens with zero attached hydrogens (tertiary/aromatic N) is 1. The Morgan fingerprint density at radius 2 is 2.17 bits per heavy atom. The van der Waals surface area contributed by atoms with Crippen molar-refractivity contribution in [1.82, 2.24) is 15.6 Å². The summed E-state index contributed by atoms with van der Waals surface area (Å²) in [5, 5.41) is 6.71. The molecule has 3 nitrogen and oxygen atoms in total. The Hall–Kier alpha value is -0.930. The molecule has 1 aromatic rings. The molecular formula is C9H13N3. The summed E-state index contributed by atoms with van der Waals surface area (Å²) in [6.07, 6.45) is 3.23.